The van der Waals surface area contributed by atoms with E-state index in [1.165, 1.54) is 14.0 Å². The van der Waals surface area contributed by atoms with Gasteiger partial charge < -0.3 is 20.7 Å². The Labute approximate surface area is 155 Å². The molecule has 8 heteroatoms. The first-order valence-electron chi connectivity index (χ1n) is 7.34. The molecule has 3 N–H and O–H groups in total. The van der Waals surface area contributed by atoms with Gasteiger partial charge in [0.1, 0.15) is 5.75 Å². The molecule has 6 nitrogen and oxygen atoms in total. The number of halogens is 2. The molecule has 132 valence electrons. The maximum atomic E-state index is 12.1. The summed E-state index contributed by atoms with van der Waals surface area (Å²) in [5, 5.41) is 8.95. The number of amides is 2. The maximum Gasteiger partial charge on any atom is 0.243 e. The van der Waals surface area contributed by atoms with Crippen LogP contribution in [0.25, 0.3) is 0 Å². The Morgan fingerprint density at radius 2 is 1.84 bits per heavy atom. The lowest BCUT2D eigenvalue weighted by molar-refractivity contribution is -0.115. The third kappa shape index (κ3) is 5.27. The van der Waals surface area contributed by atoms with Crippen molar-refractivity contribution in [2.75, 3.05) is 29.6 Å². The normalized spacial score (nSPS) is 10.1. The molecule has 0 saturated heterocycles. The highest BCUT2D eigenvalue weighted by Crippen LogP contribution is 2.30. The molecule has 0 heterocycles. The van der Waals surface area contributed by atoms with Crippen LogP contribution in [0.3, 0.4) is 0 Å². The molecule has 25 heavy (non-hydrogen) atoms. The fourth-order valence-electron chi connectivity index (χ4n) is 2.10. The van der Waals surface area contributed by atoms with Crippen LogP contribution in [-0.2, 0) is 9.59 Å². The van der Waals surface area contributed by atoms with Gasteiger partial charge in [-0.15, -0.1) is 0 Å². The molecule has 0 atom stereocenters. The lowest BCUT2D eigenvalue weighted by Crippen LogP contribution is -2.22. The summed E-state index contributed by atoms with van der Waals surface area (Å²) in [6.45, 7) is 1.39. The predicted molar refractivity (Wildman–Crippen MR) is 101 cm³/mol. The second kappa shape index (κ2) is 8.60. The number of ether oxygens (including phenoxy) is 1. The van der Waals surface area contributed by atoms with Crippen LogP contribution in [0.4, 0.5) is 17.1 Å². The molecule has 0 aromatic heterocycles. The van der Waals surface area contributed by atoms with E-state index in [1.54, 1.807) is 36.4 Å². The summed E-state index contributed by atoms with van der Waals surface area (Å²) < 4.78 is 5.25. The van der Waals surface area contributed by atoms with Crippen molar-refractivity contribution in [1.82, 2.24) is 0 Å². The van der Waals surface area contributed by atoms with Gasteiger partial charge in [0.05, 0.1) is 35.1 Å². The zero-order chi connectivity index (χ0) is 18.4. The molecule has 2 amide bonds. The van der Waals surface area contributed by atoms with E-state index in [-0.39, 0.29) is 23.4 Å². The van der Waals surface area contributed by atoms with E-state index < -0.39 is 0 Å². The Balaban J connectivity index is 2.05. The van der Waals surface area contributed by atoms with Crippen LogP contribution in [0.5, 0.6) is 5.75 Å². The van der Waals surface area contributed by atoms with Crippen molar-refractivity contribution in [3.63, 3.8) is 0 Å². The fraction of sp³-hybridized carbons (Fsp3) is 0.176. The molecular formula is C17H17Cl2N3O3. The van der Waals surface area contributed by atoms with Gasteiger partial charge in [0, 0.05) is 12.6 Å². The molecule has 0 fully saturated rings. The lowest BCUT2D eigenvalue weighted by Gasteiger charge is -2.14. The fourth-order valence-corrected chi connectivity index (χ4v) is 2.45. The molecular weight excluding hydrogens is 365 g/mol. The van der Waals surface area contributed by atoms with E-state index in [1.807, 2.05) is 0 Å². The number of hydrogen-bond acceptors (Lipinski definition) is 4. The van der Waals surface area contributed by atoms with Crippen molar-refractivity contribution >= 4 is 52.1 Å². The number of rotatable bonds is 6. The first-order valence-corrected chi connectivity index (χ1v) is 8.09. The summed E-state index contributed by atoms with van der Waals surface area (Å²) in [7, 11) is 1.52. The topological polar surface area (TPSA) is 79.5 Å². The smallest absolute Gasteiger partial charge is 0.243 e. The molecule has 2 aromatic rings. The molecule has 0 unspecified atom stereocenters. The Kier molecular flexibility index (Phi) is 6.50. The van der Waals surface area contributed by atoms with Crippen molar-refractivity contribution in [2.24, 2.45) is 0 Å². The number of carbonyl (C=O) groups excluding carboxylic acids is 2. The summed E-state index contributed by atoms with van der Waals surface area (Å²) in [6, 6.07) is 10.1. The van der Waals surface area contributed by atoms with Gasteiger partial charge in [-0.3, -0.25) is 9.59 Å². The first-order chi connectivity index (χ1) is 11.9. The van der Waals surface area contributed by atoms with Crippen molar-refractivity contribution in [1.29, 1.82) is 0 Å². The molecule has 0 aliphatic carbocycles. The monoisotopic (exact) mass is 381 g/mol. The summed E-state index contributed by atoms with van der Waals surface area (Å²) in [5.41, 5.74) is 1.59. The standard InChI is InChI=1S/C17H17Cl2N3O3/c1-10(23)21-11-6-7-15(25-2)14(8-11)20-9-16(24)22-13-5-3-4-12(18)17(13)19/h3-8,20H,9H2,1-2H3,(H,21,23)(H,22,24). The van der Waals surface area contributed by atoms with Gasteiger partial charge in [-0.2, -0.15) is 0 Å². The van der Waals surface area contributed by atoms with Crippen molar-refractivity contribution in [3.8, 4) is 5.75 Å². The number of benzene rings is 2. The highest BCUT2D eigenvalue weighted by molar-refractivity contribution is 6.44. The van der Waals surface area contributed by atoms with Gasteiger partial charge in [-0.05, 0) is 30.3 Å². The summed E-state index contributed by atoms with van der Waals surface area (Å²) >= 11 is 12.0. The Hall–Kier alpha value is -2.44. The molecule has 2 aromatic carbocycles. The number of methoxy groups -OCH3 is 1. The number of anilines is 3. The zero-order valence-electron chi connectivity index (χ0n) is 13.7. The molecule has 0 spiro atoms. The van der Waals surface area contributed by atoms with Crippen LogP contribution >= 0.6 is 23.2 Å². The Bertz CT molecular complexity index is 797. The van der Waals surface area contributed by atoms with Crippen LogP contribution in [-0.4, -0.2) is 25.5 Å². The highest BCUT2D eigenvalue weighted by atomic mass is 35.5. The minimum atomic E-state index is -0.309. The van der Waals surface area contributed by atoms with E-state index in [4.69, 9.17) is 27.9 Å². The maximum absolute atomic E-state index is 12.1. The summed E-state index contributed by atoms with van der Waals surface area (Å²) in [4.78, 5) is 23.3. The SMILES string of the molecule is COc1ccc(NC(C)=O)cc1NCC(=O)Nc1cccc(Cl)c1Cl. The minimum absolute atomic E-state index is 0.0251. The Morgan fingerprint density at radius 3 is 2.52 bits per heavy atom. The molecule has 2 rings (SSSR count). The van der Waals surface area contributed by atoms with E-state index in [2.05, 4.69) is 16.0 Å². The average molecular weight is 382 g/mol. The van der Waals surface area contributed by atoms with Crippen LogP contribution in [0, 0.1) is 0 Å². The van der Waals surface area contributed by atoms with E-state index in [0.29, 0.717) is 27.8 Å². The number of carbonyl (C=O) groups is 2. The van der Waals surface area contributed by atoms with Gasteiger partial charge in [-0.25, -0.2) is 0 Å². The zero-order valence-corrected chi connectivity index (χ0v) is 15.2. The van der Waals surface area contributed by atoms with Crippen LogP contribution in [0.15, 0.2) is 36.4 Å². The quantitative estimate of drug-likeness (QED) is 0.705. The van der Waals surface area contributed by atoms with Crippen LogP contribution < -0.4 is 20.7 Å². The van der Waals surface area contributed by atoms with Crippen molar-refractivity contribution < 1.29 is 14.3 Å². The molecule has 0 saturated carbocycles. The van der Waals surface area contributed by atoms with Gasteiger partial charge >= 0.3 is 0 Å². The Morgan fingerprint density at radius 1 is 1.08 bits per heavy atom. The second-order valence-corrected chi connectivity index (χ2v) is 5.88. The van der Waals surface area contributed by atoms with Gasteiger partial charge in [-0.1, -0.05) is 29.3 Å². The molecule has 0 aliphatic heterocycles. The minimum Gasteiger partial charge on any atom is -0.495 e. The molecule has 0 aliphatic rings. The average Bonchev–Trinajstić information content (AvgIpc) is 2.57. The molecule has 0 radical (unpaired) electrons. The summed E-state index contributed by atoms with van der Waals surface area (Å²) in [5.74, 6) is 0.0447. The first kappa shape index (κ1) is 18.9. The van der Waals surface area contributed by atoms with Gasteiger partial charge in [0.2, 0.25) is 11.8 Å². The van der Waals surface area contributed by atoms with E-state index in [9.17, 15) is 9.59 Å². The lowest BCUT2D eigenvalue weighted by atomic mass is 10.2. The second-order valence-electron chi connectivity index (χ2n) is 5.10. The van der Waals surface area contributed by atoms with Crippen molar-refractivity contribution in [3.05, 3.63) is 46.4 Å². The third-order valence-corrected chi connectivity index (χ3v) is 4.00. The van der Waals surface area contributed by atoms with Gasteiger partial charge in [0.25, 0.3) is 0 Å². The van der Waals surface area contributed by atoms with Crippen LogP contribution in [0.2, 0.25) is 10.0 Å². The third-order valence-electron chi connectivity index (χ3n) is 3.18. The van der Waals surface area contributed by atoms with Crippen molar-refractivity contribution in [2.45, 2.75) is 6.92 Å². The van der Waals surface area contributed by atoms with Gasteiger partial charge in [0.15, 0.2) is 0 Å². The van der Waals surface area contributed by atoms with E-state index in [0.717, 1.165) is 0 Å². The highest BCUT2D eigenvalue weighted by Gasteiger charge is 2.10. The number of hydrogen-bond donors (Lipinski definition) is 3. The molecule has 0 bridgehead atoms. The van der Waals surface area contributed by atoms with E-state index >= 15 is 0 Å². The number of nitrogens with one attached hydrogen (secondary N) is 3. The largest absolute Gasteiger partial charge is 0.495 e. The van der Waals surface area contributed by atoms with Crippen LogP contribution in [0.1, 0.15) is 6.92 Å². The summed E-state index contributed by atoms with van der Waals surface area (Å²) in [6.07, 6.45) is 0. The predicted octanol–water partition coefficient (Wildman–Crippen LogP) is 4.01.